The second-order valence-electron chi connectivity index (χ2n) is 7.93. The zero-order chi connectivity index (χ0) is 25.0. The maximum Gasteiger partial charge on any atom is 0.270 e. The van der Waals surface area contributed by atoms with Crippen LogP contribution in [0.1, 0.15) is 32.3 Å². The van der Waals surface area contributed by atoms with Crippen LogP contribution in [0.4, 0.5) is 11.4 Å². The molecular weight excluding hydrogens is 542 g/mol. The third-order valence-corrected chi connectivity index (χ3v) is 6.82. The van der Waals surface area contributed by atoms with Crippen molar-refractivity contribution < 1.29 is 24.0 Å². The smallest absolute Gasteiger partial charge is 0.270 e. The van der Waals surface area contributed by atoms with Crippen molar-refractivity contribution in [3.63, 3.8) is 0 Å². The number of β-lactam (4-membered cyclic amide) rings is 1. The number of carbonyl (C=O) groups excluding carboxylic acids is 3. The number of carbonyl (C=O) groups is 3. The van der Waals surface area contributed by atoms with Crippen LogP contribution in [0, 0.1) is 10.1 Å². The molecule has 176 valence electrons. The number of anilines is 1. The van der Waals surface area contributed by atoms with Crippen molar-refractivity contribution in [2.75, 3.05) is 12.0 Å². The lowest BCUT2D eigenvalue weighted by atomic mass is 9.85. The highest BCUT2D eigenvalue weighted by Gasteiger charge is 2.58. The molecule has 0 saturated carbocycles. The van der Waals surface area contributed by atoms with Gasteiger partial charge in [0, 0.05) is 32.9 Å². The molecule has 0 spiro atoms. The summed E-state index contributed by atoms with van der Waals surface area (Å²) in [7, 11) is 1.48. The average Bonchev–Trinajstić information content (AvgIpc) is 3.08. The molecule has 5 rings (SSSR count). The molecule has 3 aromatic rings. The first kappa shape index (κ1) is 23.0. The Morgan fingerprint density at radius 2 is 1.60 bits per heavy atom. The van der Waals surface area contributed by atoms with Gasteiger partial charge < -0.3 is 9.64 Å². The summed E-state index contributed by atoms with van der Waals surface area (Å²) in [5.41, 5.74) is 0.679. The summed E-state index contributed by atoms with van der Waals surface area (Å²) in [6.07, 6.45) is 0. The number of nitrogens with zero attached hydrogens (tertiary/aromatic N) is 3. The van der Waals surface area contributed by atoms with Crippen molar-refractivity contribution >= 4 is 56.6 Å². The van der Waals surface area contributed by atoms with Gasteiger partial charge in [-0.3, -0.25) is 29.4 Å². The normalized spacial score (nSPS) is 19.0. The molecule has 1 saturated heterocycles. The van der Waals surface area contributed by atoms with E-state index in [4.69, 9.17) is 16.3 Å². The Balaban J connectivity index is 1.62. The van der Waals surface area contributed by atoms with Gasteiger partial charge in [0.2, 0.25) is 0 Å². The quantitative estimate of drug-likeness (QED) is 0.194. The number of hydrogen-bond donors (Lipinski definition) is 0. The largest absolute Gasteiger partial charge is 0.496 e. The number of nitro benzene ring substituents is 1. The molecule has 0 N–H and O–H groups in total. The molecule has 2 heterocycles. The molecule has 1 fully saturated rings. The predicted molar refractivity (Wildman–Crippen MR) is 130 cm³/mol. The van der Waals surface area contributed by atoms with Crippen molar-refractivity contribution in [2.24, 2.45) is 0 Å². The van der Waals surface area contributed by atoms with Crippen LogP contribution in [0.25, 0.3) is 0 Å². The number of nitro groups is 1. The van der Waals surface area contributed by atoms with Gasteiger partial charge in [0.1, 0.15) is 11.8 Å². The van der Waals surface area contributed by atoms with Crippen molar-refractivity contribution in [3.05, 3.63) is 97.0 Å². The zero-order valence-corrected chi connectivity index (χ0v) is 20.3. The van der Waals surface area contributed by atoms with E-state index in [1.807, 2.05) is 0 Å². The van der Waals surface area contributed by atoms with Crippen molar-refractivity contribution in [3.8, 4) is 5.75 Å². The highest BCUT2D eigenvalue weighted by molar-refractivity contribution is 9.10. The highest BCUT2D eigenvalue weighted by atomic mass is 79.9. The van der Waals surface area contributed by atoms with Crippen LogP contribution in [-0.2, 0) is 4.79 Å². The summed E-state index contributed by atoms with van der Waals surface area (Å²) >= 11 is 9.45. The first-order valence-electron chi connectivity index (χ1n) is 10.3. The molecule has 0 unspecified atom stereocenters. The molecule has 3 aromatic carbocycles. The van der Waals surface area contributed by atoms with E-state index in [0.717, 1.165) is 17.0 Å². The number of amides is 3. The predicted octanol–water partition coefficient (Wildman–Crippen LogP) is 4.77. The van der Waals surface area contributed by atoms with Gasteiger partial charge in [-0.05, 0) is 48.5 Å². The number of benzene rings is 3. The van der Waals surface area contributed by atoms with Gasteiger partial charge in [0.25, 0.3) is 23.4 Å². The summed E-state index contributed by atoms with van der Waals surface area (Å²) in [4.78, 5) is 53.0. The van der Waals surface area contributed by atoms with Crippen LogP contribution >= 0.6 is 27.5 Å². The lowest BCUT2D eigenvalue weighted by Gasteiger charge is -2.50. The number of non-ortho nitro benzene ring substituents is 1. The van der Waals surface area contributed by atoms with Crippen molar-refractivity contribution in [2.45, 2.75) is 12.1 Å². The second kappa shape index (κ2) is 8.47. The molecule has 3 amide bonds. The van der Waals surface area contributed by atoms with Crippen LogP contribution in [0.2, 0.25) is 5.02 Å². The van der Waals surface area contributed by atoms with Gasteiger partial charge >= 0.3 is 0 Å². The lowest BCUT2D eigenvalue weighted by Crippen LogP contribution is -2.67. The molecule has 0 aliphatic carbocycles. The van der Waals surface area contributed by atoms with Crippen LogP contribution < -0.4 is 9.64 Å². The number of methoxy groups -OCH3 is 1. The number of rotatable bonds is 5. The molecule has 2 aliphatic heterocycles. The Kier molecular flexibility index (Phi) is 5.57. The van der Waals surface area contributed by atoms with E-state index in [2.05, 4.69) is 15.9 Å². The van der Waals surface area contributed by atoms with Crippen molar-refractivity contribution in [1.29, 1.82) is 0 Å². The summed E-state index contributed by atoms with van der Waals surface area (Å²) in [6, 6.07) is 13.3. The molecule has 11 heteroatoms. The third-order valence-electron chi connectivity index (χ3n) is 6.07. The van der Waals surface area contributed by atoms with E-state index in [1.54, 1.807) is 42.5 Å². The Labute approximate surface area is 212 Å². The van der Waals surface area contributed by atoms with Crippen LogP contribution in [0.15, 0.2) is 65.1 Å². The van der Waals surface area contributed by atoms with Crippen LogP contribution in [0.5, 0.6) is 5.75 Å². The van der Waals surface area contributed by atoms with E-state index in [-0.39, 0.29) is 16.8 Å². The van der Waals surface area contributed by atoms with Gasteiger partial charge in [-0.25, -0.2) is 0 Å². The van der Waals surface area contributed by atoms with Gasteiger partial charge in [0.15, 0.2) is 0 Å². The van der Waals surface area contributed by atoms with E-state index in [9.17, 15) is 24.5 Å². The lowest BCUT2D eigenvalue weighted by molar-refractivity contribution is -0.384. The van der Waals surface area contributed by atoms with Gasteiger partial charge in [-0.15, -0.1) is 0 Å². The SMILES string of the molecule is COc1ccc(Br)cc1[C@H]1[C@@H](N2C(=O)c3ccc([N+](=O)[O-])cc3C2=O)C(=O)N1c1ccc(Cl)cc1. The molecule has 9 nitrogen and oxygen atoms in total. The molecule has 35 heavy (non-hydrogen) atoms. The van der Waals surface area contributed by atoms with Crippen LogP contribution in [-0.4, -0.2) is 40.7 Å². The Morgan fingerprint density at radius 1 is 0.914 bits per heavy atom. The molecule has 0 radical (unpaired) electrons. The number of ether oxygens (including phenoxy) is 1. The van der Waals surface area contributed by atoms with Gasteiger partial charge in [-0.1, -0.05) is 27.5 Å². The summed E-state index contributed by atoms with van der Waals surface area (Å²) in [5.74, 6) is -1.47. The highest BCUT2D eigenvalue weighted by Crippen LogP contribution is 2.47. The van der Waals surface area contributed by atoms with E-state index in [1.165, 1.54) is 18.1 Å². The summed E-state index contributed by atoms with van der Waals surface area (Å²) in [5, 5.41) is 11.7. The monoisotopic (exact) mass is 555 g/mol. The van der Waals surface area contributed by atoms with E-state index >= 15 is 0 Å². The number of hydrogen-bond acceptors (Lipinski definition) is 6. The maximum atomic E-state index is 13.5. The summed E-state index contributed by atoms with van der Waals surface area (Å²) < 4.78 is 6.23. The Bertz CT molecular complexity index is 1430. The molecule has 2 aliphatic rings. The topological polar surface area (TPSA) is 110 Å². The maximum absolute atomic E-state index is 13.5. The first-order valence-corrected chi connectivity index (χ1v) is 11.5. The number of imide groups is 1. The molecule has 2 atom stereocenters. The standard InChI is InChI=1S/C24H15BrClN3O6/c1-35-19-9-2-12(25)10-18(19)20-21(24(32)27(20)14-5-3-13(26)4-6-14)28-22(30)16-8-7-15(29(33)34)11-17(16)23(28)31/h2-11,20-21H,1H3/t20-,21+/m0/s1. The Morgan fingerprint density at radius 3 is 2.26 bits per heavy atom. The molecule has 0 bridgehead atoms. The minimum Gasteiger partial charge on any atom is -0.496 e. The fourth-order valence-corrected chi connectivity index (χ4v) is 4.98. The van der Waals surface area contributed by atoms with E-state index in [0.29, 0.717) is 26.5 Å². The van der Waals surface area contributed by atoms with Gasteiger partial charge in [-0.2, -0.15) is 0 Å². The average molecular weight is 557 g/mol. The fourth-order valence-electron chi connectivity index (χ4n) is 4.47. The first-order chi connectivity index (χ1) is 16.7. The minimum absolute atomic E-state index is 0.0123. The van der Waals surface area contributed by atoms with Crippen molar-refractivity contribution in [1.82, 2.24) is 4.90 Å². The zero-order valence-electron chi connectivity index (χ0n) is 18.0. The minimum atomic E-state index is -1.18. The van der Waals surface area contributed by atoms with E-state index < -0.39 is 34.7 Å². The second-order valence-corrected chi connectivity index (χ2v) is 9.28. The Hall–Kier alpha value is -3.76. The molecule has 0 aromatic heterocycles. The number of halogens is 2. The van der Waals surface area contributed by atoms with Gasteiger partial charge in [0.05, 0.1) is 29.2 Å². The third kappa shape index (κ3) is 3.57. The molecular formula is C24H15BrClN3O6. The van der Waals surface area contributed by atoms with Crippen LogP contribution in [0.3, 0.4) is 0 Å². The number of fused-ring (bicyclic) bond motifs is 1. The summed E-state index contributed by atoms with van der Waals surface area (Å²) in [6.45, 7) is 0. The fraction of sp³-hybridized carbons (Fsp3) is 0.125.